The number of hydrogen-bond donors (Lipinski definition) is 1. The summed E-state index contributed by atoms with van der Waals surface area (Å²) < 4.78 is 0. The first-order valence-electron chi connectivity index (χ1n) is 6.63. The Balaban J connectivity index is 2.09. The summed E-state index contributed by atoms with van der Waals surface area (Å²) in [5.41, 5.74) is 4.99. The normalized spacial score (nSPS) is 10.2. The second-order valence-corrected chi connectivity index (χ2v) is 4.75. The highest BCUT2D eigenvalue weighted by molar-refractivity contribution is 5.43. The molecule has 0 saturated heterocycles. The number of nitrogens with one attached hydrogen (secondary N) is 1. The number of aryl methyl sites for hydroxylation is 2. The Kier molecular flexibility index (Phi) is 4.35. The van der Waals surface area contributed by atoms with Crippen LogP contribution in [0.3, 0.4) is 0 Å². The zero-order valence-electron chi connectivity index (χ0n) is 11.6. The fourth-order valence-corrected chi connectivity index (χ4v) is 2.16. The fourth-order valence-electron chi connectivity index (χ4n) is 2.16. The molecule has 0 aliphatic heterocycles. The summed E-state index contributed by atoms with van der Waals surface area (Å²) in [4.78, 5) is 4.25. The van der Waals surface area contributed by atoms with Gasteiger partial charge in [0, 0.05) is 18.3 Å². The van der Waals surface area contributed by atoms with Gasteiger partial charge in [0.25, 0.3) is 0 Å². The minimum atomic E-state index is 0.835. The topological polar surface area (TPSA) is 24.9 Å². The molecule has 1 N–H and O–H groups in total. The largest absolute Gasteiger partial charge is 0.344 e. The first-order valence-corrected chi connectivity index (χ1v) is 6.63. The zero-order valence-corrected chi connectivity index (χ0v) is 11.6. The summed E-state index contributed by atoms with van der Waals surface area (Å²) in [5, 5.41) is 3.26. The Labute approximate surface area is 115 Å². The second kappa shape index (κ2) is 6.19. The van der Waals surface area contributed by atoms with Gasteiger partial charge in [0.2, 0.25) is 0 Å². The molecule has 1 heterocycles. The highest BCUT2D eigenvalue weighted by Crippen LogP contribution is 2.17. The monoisotopic (exact) mass is 252 g/mol. The van der Waals surface area contributed by atoms with Gasteiger partial charge in [0.05, 0.1) is 0 Å². The van der Waals surface area contributed by atoms with E-state index in [9.17, 15) is 0 Å². The quantitative estimate of drug-likeness (QED) is 0.865. The number of aromatic nitrogens is 1. The predicted molar refractivity (Wildman–Crippen MR) is 81.3 cm³/mol. The third-order valence-electron chi connectivity index (χ3n) is 3.12. The number of rotatable bonds is 5. The minimum absolute atomic E-state index is 0.835. The van der Waals surface area contributed by atoms with Crippen LogP contribution in [0.4, 0.5) is 5.82 Å². The molecule has 2 heteroatoms. The van der Waals surface area contributed by atoms with E-state index in [0.717, 1.165) is 24.4 Å². The lowest BCUT2D eigenvalue weighted by atomic mass is 9.99. The molecular weight excluding hydrogens is 232 g/mol. The van der Waals surface area contributed by atoms with E-state index in [1.165, 1.54) is 16.7 Å². The molecule has 0 atom stereocenters. The Morgan fingerprint density at radius 2 is 2.05 bits per heavy atom. The molecule has 1 aromatic heterocycles. The smallest absolute Gasteiger partial charge is 0.130 e. The van der Waals surface area contributed by atoms with Crippen LogP contribution in [-0.4, -0.2) is 4.98 Å². The highest BCUT2D eigenvalue weighted by Gasteiger charge is 2.04. The number of benzene rings is 1. The van der Waals surface area contributed by atoms with Crippen LogP contribution in [0.1, 0.15) is 23.6 Å². The van der Waals surface area contributed by atoms with Gasteiger partial charge in [-0.25, -0.2) is 4.98 Å². The SMILES string of the molecule is C=C(Cc1cc(C)ccc1CC)Nc1ccccn1. The van der Waals surface area contributed by atoms with Crippen LogP contribution in [0.5, 0.6) is 0 Å². The molecule has 0 fully saturated rings. The third kappa shape index (κ3) is 3.68. The first kappa shape index (κ1) is 13.3. The maximum Gasteiger partial charge on any atom is 0.130 e. The summed E-state index contributed by atoms with van der Waals surface area (Å²) in [6.07, 6.45) is 3.66. The predicted octanol–water partition coefficient (Wildman–Crippen LogP) is 4.12. The number of anilines is 1. The van der Waals surface area contributed by atoms with Crippen LogP contribution in [0.2, 0.25) is 0 Å². The van der Waals surface area contributed by atoms with E-state index >= 15 is 0 Å². The molecule has 98 valence electrons. The van der Waals surface area contributed by atoms with Crippen molar-refractivity contribution in [1.29, 1.82) is 0 Å². The summed E-state index contributed by atoms with van der Waals surface area (Å²) in [6, 6.07) is 12.4. The minimum Gasteiger partial charge on any atom is -0.344 e. The molecule has 0 saturated carbocycles. The zero-order chi connectivity index (χ0) is 13.7. The van der Waals surface area contributed by atoms with Crippen molar-refractivity contribution in [2.24, 2.45) is 0 Å². The summed E-state index contributed by atoms with van der Waals surface area (Å²) in [6.45, 7) is 8.41. The van der Waals surface area contributed by atoms with Gasteiger partial charge in [0.15, 0.2) is 0 Å². The standard InChI is InChI=1S/C17H20N2/c1-4-15-9-8-13(2)11-16(15)12-14(3)19-17-7-5-6-10-18-17/h5-11H,3-4,12H2,1-2H3,(H,18,19). The van der Waals surface area contributed by atoms with Gasteiger partial charge in [-0.2, -0.15) is 0 Å². The average Bonchev–Trinajstić information content (AvgIpc) is 2.40. The Bertz CT molecular complexity index is 559. The molecule has 1 aromatic carbocycles. The van der Waals surface area contributed by atoms with Crippen LogP contribution in [0, 0.1) is 6.92 Å². The molecule has 19 heavy (non-hydrogen) atoms. The van der Waals surface area contributed by atoms with Gasteiger partial charge in [-0.05, 0) is 36.6 Å². The molecular formula is C17H20N2. The lowest BCUT2D eigenvalue weighted by molar-refractivity contribution is 1.04. The number of pyridine rings is 1. The van der Waals surface area contributed by atoms with Gasteiger partial charge in [-0.15, -0.1) is 0 Å². The van der Waals surface area contributed by atoms with Gasteiger partial charge in [-0.1, -0.05) is 43.3 Å². The number of nitrogens with zero attached hydrogens (tertiary/aromatic N) is 1. The van der Waals surface area contributed by atoms with Crippen molar-refractivity contribution in [3.05, 3.63) is 71.6 Å². The van der Waals surface area contributed by atoms with Crippen molar-refractivity contribution in [1.82, 2.24) is 4.98 Å². The van der Waals surface area contributed by atoms with Crippen LogP contribution < -0.4 is 5.32 Å². The van der Waals surface area contributed by atoms with Crippen LogP contribution in [0.15, 0.2) is 54.9 Å². The van der Waals surface area contributed by atoms with Crippen molar-refractivity contribution in [3.63, 3.8) is 0 Å². The maximum atomic E-state index is 4.25. The van der Waals surface area contributed by atoms with Crippen molar-refractivity contribution in [2.75, 3.05) is 5.32 Å². The van der Waals surface area contributed by atoms with E-state index in [-0.39, 0.29) is 0 Å². The summed E-state index contributed by atoms with van der Waals surface area (Å²) >= 11 is 0. The Morgan fingerprint density at radius 1 is 1.21 bits per heavy atom. The van der Waals surface area contributed by atoms with Crippen LogP contribution >= 0.6 is 0 Å². The molecule has 2 nitrogen and oxygen atoms in total. The molecule has 0 amide bonds. The third-order valence-corrected chi connectivity index (χ3v) is 3.12. The van der Waals surface area contributed by atoms with Gasteiger partial charge in [-0.3, -0.25) is 0 Å². The van der Waals surface area contributed by atoms with Crippen LogP contribution in [-0.2, 0) is 12.8 Å². The summed E-state index contributed by atoms with van der Waals surface area (Å²) in [7, 11) is 0. The molecule has 0 bridgehead atoms. The van der Waals surface area contributed by atoms with Crippen molar-refractivity contribution in [2.45, 2.75) is 26.7 Å². The molecule has 0 aliphatic rings. The van der Waals surface area contributed by atoms with E-state index in [2.05, 4.69) is 48.9 Å². The van der Waals surface area contributed by atoms with Crippen LogP contribution in [0.25, 0.3) is 0 Å². The molecule has 2 aromatic rings. The molecule has 0 radical (unpaired) electrons. The molecule has 0 spiro atoms. The first-order chi connectivity index (χ1) is 9.19. The van der Waals surface area contributed by atoms with Crippen molar-refractivity contribution in [3.8, 4) is 0 Å². The lowest BCUT2D eigenvalue weighted by Crippen LogP contribution is -2.04. The molecule has 0 unspecified atom stereocenters. The van der Waals surface area contributed by atoms with E-state index in [1.54, 1.807) is 6.20 Å². The average molecular weight is 252 g/mol. The van der Waals surface area contributed by atoms with E-state index in [1.807, 2.05) is 18.2 Å². The fraction of sp³-hybridized carbons (Fsp3) is 0.235. The summed E-state index contributed by atoms with van der Waals surface area (Å²) in [5.74, 6) is 0.846. The lowest BCUT2D eigenvalue weighted by Gasteiger charge is -2.12. The van der Waals surface area contributed by atoms with Crippen molar-refractivity contribution < 1.29 is 0 Å². The molecule has 2 rings (SSSR count). The second-order valence-electron chi connectivity index (χ2n) is 4.75. The van der Waals surface area contributed by atoms with E-state index < -0.39 is 0 Å². The van der Waals surface area contributed by atoms with Gasteiger partial charge >= 0.3 is 0 Å². The highest BCUT2D eigenvalue weighted by atomic mass is 15.0. The number of hydrogen-bond acceptors (Lipinski definition) is 2. The Morgan fingerprint density at radius 3 is 2.74 bits per heavy atom. The maximum absolute atomic E-state index is 4.25. The van der Waals surface area contributed by atoms with Gasteiger partial charge < -0.3 is 5.32 Å². The van der Waals surface area contributed by atoms with Crippen molar-refractivity contribution >= 4 is 5.82 Å². The molecule has 0 aliphatic carbocycles. The Hall–Kier alpha value is -2.09. The van der Waals surface area contributed by atoms with E-state index in [0.29, 0.717) is 0 Å². The van der Waals surface area contributed by atoms with E-state index in [4.69, 9.17) is 0 Å². The van der Waals surface area contributed by atoms with Gasteiger partial charge in [0.1, 0.15) is 5.82 Å². The number of allylic oxidation sites excluding steroid dienone is 1.